The van der Waals surface area contributed by atoms with Crippen molar-refractivity contribution in [2.45, 2.75) is 19.8 Å². The van der Waals surface area contributed by atoms with Gasteiger partial charge in [-0.15, -0.1) is 0 Å². The molecule has 2 heterocycles. The number of nitrogens with zero attached hydrogens (tertiary/aromatic N) is 2. The predicted octanol–water partition coefficient (Wildman–Crippen LogP) is 1.85. The number of hydrogen-bond donors (Lipinski definition) is 1. The quantitative estimate of drug-likeness (QED) is 0.889. The maximum atomic E-state index is 12.1. The maximum absolute atomic E-state index is 12.1. The zero-order valence-electron chi connectivity index (χ0n) is 10.5. The molecule has 1 N–H and O–H groups in total. The first-order chi connectivity index (χ1) is 9.15. The van der Waals surface area contributed by atoms with E-state index in [-0.39, 0.29) is 24.7 Å². The molecule has 0 radical (unpaired) electrons. The summed E-state index contributed by atoms with van der Waals surface area (Å²) in [5.74, 6) is -0.533. The lowest BCUT2D eigenvalue weighted by molar-refractivity contribution is -0.142. The molecule has 0 aliphatic carbocycles. The van der Waals surface area contributed by atoms with Crippen LogP contribution in [-0.4, -0.2) is 27.5 Å². The molecule has 96 valence electrons. The lowest BCUT2D eigenvalue weighted by Crippen LogP contribution is -2.29. The highest BCUT2D eigenvalue weighted by Gasteiger charge is 2.27. The van der Waals surface area contributed by atoms with Gasteiger partial charge in [0.2, 0.25) is 0 Å². The summed E-state index contributed by atoms with van der Waals surface area (Å²) < 4.78 is 0. The van der Waals surface area contributed by atoms with E-state index in [9.17, 15) is 9.59 Å². The van der Waals surface area contributed by atoms with Crippen LogP contribution in [0.4, 0.5) is 0 Å². The molecule has 2 amide bonds. The van der Waals surface area contributed by atoms with Gasteiger partial charge in [-0.25, -0.2) is 0 Å². The summed E-state index contributed by atoms with van der Waals surface area (Å²) in [4.78, 5) is 26.8. The molecule has 2 aromatic rings. The van der Waals surface area contributed by atoms with Crippen molar-refractivity contribution >= 4 is 28.4 Å². The Balaban J connectivity index is 1.85. The van der Waals surface area contributed by atoms with E-state index in [0.29, 0.717) is 5.71 Å². The Kier molecular flexibility index (Phi) is 2.67. The predicted molar refractivity (Wildman–Crippen MR) is 71.6 cm³/mol. The van der Waals surface area contributed by atoms with Gasteiger partial charge in [-0.1, -0.05) is 18.2 Å². The molecule has 0 spiro atoms. The highest BCUT2D eigenvalue weighted by molar-refractivity contribution is 6.10. The van der Waals surface area contributed by atoms with Crippen LogP contribution in [-0.2, 0) is 16.0 Å². The molecule has 1 aliphatic rings. The zero-order chi connectivity index (χ0) is 13.4. The van der Waals surface area contributed by atoms with E-state index in [1.807, 2.05) is 24.3 Å². The number of carbonyl (C=O) groups is 2. The number of nitrogens with one attached hydrogen (secondary N) is 1. The van der Waals surface area contributed by atoms with E-state index < -0.39 is 0 Å². The first kappa shape index (κ1) is 11.6. The fourth-order valence-electron chi connectivity index (χ4n) is 2.27. The van der Waals surface area contributed by atoms with E-state index in [1.165, 1.54) is 0 Å². The lowest BCUT2D eigenvalue weighted by Gasteiger charge is -2.08. The van der Waals surface area contributed by atoms with E-state index >= 15 is 0 Å². The molecule has 1 aromatic heterocycles. The van der Waals surface area contributed by atoms with Crippen molar-refractivity contribution in [2.75, 3.05) is 0 Å². The number of hydrogen-bond acceptors (Lipinski definition) is 3. The topological polar surface area (TPSA) is 65.5 Å². The van der Waals surface area contributed by atoms with Gasteiger partial charge in [0.15, 0.2) is 0 Å². The number of imide groups is 1. The summed E-state index contributed by atoms with van der Waals surface area (Å²) in [5.41, 5.74) is 2.54. The Labute approximate surface area is 109 Å². The number of amides is 2. The second-order valence-electron chi connectivity index (χ2n) is 4.65. The molecule has 3 rings (SSSR count). The van der Waals surface area contributed by atoms with Crippen LogP contribution in [0.5, 0.6) is 0 Å². The van der Waals surface area contributed by atoms with Gasteiger partial charge < -0.3 is 4.98 Å². The third kappa shape index (κ3) is 2.03. The maximum Gasteiger partial charge on any atom is 0.255 e. The summed E-state index contributed by atoms with van der Waals surface area (Å²) in [6.45, 7) is 1.75. The molecule has 19 heavy (non-hydrogen) atoms. The second kappa shape index (κ2) is 4.35. The van der Waals surface area contributed by atoms with Crippen LogP contribution in [0, 0.1) is 0 Å². The van der Waals surface area contributed by atoms with Crippen LogP contribution in [0.2, 0.25) is 0 Å². The van der Waals surface area contributed by atoms with Crippen molar-refractivity contribution in [2.24, 2.45) is 5.10 Å². The van der Waals surface area contributed by atoms with Crippen molar-refractivity contribution in [3.8, 4) is 0 Å². The second-order valence-corrected chi connectivity index (χ2v) is 4.65. The molecule has 0 saturated heterocycles. The van der Waals surface area contributed by atoms with Crippen LogP contribution in [0.15, 0.2) is 35.6 Å². The lowest BCUT2D eigenvalue weighted by atomic mass is 10.1. The Morgan fingerprint density at radius 1 is 1.42 bits per heavy atom. The van der Waals surface area contributed by atoms with E-state index in [4.69, 9.17) is 0 Å². The number of aromatic nitrogens is 1. The molecule has 0 saturated carbocycles. The van der Waals surface area contributed by atoms with Gasteiger partial charge in [-0.3, -0.25) is 9.59 Å². The summed E-state index contributed by atoms with van der Waals surface area (Å²) in [5, 5.41) is 5.96. The Morgan fingerprint density at radius 3 is 2.95 bits per heavy atom. The molecule has 0 atom stereocenters. The average molecular weight is 255 g/mol. The van der Waals surface area contributed by atoms with E-state index in [2.05, 4.69) is 10.1 Å². The molecule has 0 fully saturated rings. The van der Waals surface area contributed by atoms with Crippen molar-refractivity contribution < 1.29 is 9.59 Å². The van der Waals surface area contributed by atoms with Gasteiger partial charge in [-0.05, 0) is 18.6 Å². The molecule has 0 unspecified atom stereocenters. The van der Waals surface area contributed by atoms with E-state index in [1.54, 1.807) is 13.1 Å². The minimum absolute atomic E-state index is 0.173. The number of aromatic amines is 1. The third-order valence-corrected chi connectivity index (χ3v) is 3.17. The van der Waals surface area contributed by atoms with Gasteiger partial charge in [0.25, 0.3) is 11.8 Å². The number of rotatable bonds is 2. The molecular weight excluding hydrogens is 242 g/mol. The largest absolute Gasteiger partial charge is 0.361 e. The smallest absolute Gasteiger partial charge is 0.255 e. The summed E-state index contributed by atoms with van der Waals surface area (Å²) in [6, 6.07) is 7.76. The van der Waals surface area contributed by atoms with Crippen molar-refractivity contribution in [1.29, 1.82) is 0 Å². The SMILES string of the molecule is CC1=NN(C(=O)Cc2c[nH]c3ccccc23)C(=O)C1. The first-order valence-corrected chi connectivity index (χ1v) is 6.10. The van der Waals surface area contributed by atoms with Gasteiger partial charge in [0.1, 0.15) is 0 Å². The minimum Gasteiger partial charge on any atom is -0.361 e. The standard InChI is InChI=1S/C14H13N3O2/c1-9-6-13(18)17(16-9)14(19)7-10-8-15-12-5-3-2-4-11(10)12/h2-5,8,15H,6-7H2,1H3. The number of benzene rings is 1. The summed E-state index contributed by atoms with van der Waals surface area (Å²) >= 11 is 0. The number of fused-ring (bicyclic) bond motifs is 1. The number of H-pyrrole nitrogens is 1. The van der Waals surface area contributed by atoms with E-state index in [0.717, 1.165) is 21.5 Å². The normalized spacial score (nSPS) is 15.1. The van der Waals surface area contributed by atoms with Crippen LogP contribution in [0.25, 0.3) is 10.9 Å². The highest BCUT2D eigenvalue weighted by atomic mass is 16.2. The molecule has 5 heteroatoms. The number of carbonyl (C=O) groups excluding carboxylic acids is 2. The summed E-state index contributed by atoms with van der Waals surface area (Å²) in [6.07, 6.45) is 2.21. The first-order valence-electron chi connectivity index (χ1n) is 6.10. The Hall–Kier alpha value is -2.43. The molecule has 1 aliphatic heterocycles. The van der Waals surface area contributed by atoms with Crippen molar-refractivity contribution in [1.82, 2.24) is 9.99 Å². The molecule has 0 bridgehead atoms. The number of hydrazone groups is 1. The molecular formula is C14H13N3O2. The zero-order valence-corrected chi connectivity index (χ0v) is 10.5. The van der Waals surface area contributed by atoms with Gasteiger partial charge in [0.05, 0.1) is 12.8 Å². The van der Waals surface area contributed by atoms with Gasteiger partial charge >= 0.3 is 0 Å². The van der Waals surface area contributed by atoms with Crippen LogP contribution in [0.3, 0.4) is 0 Å². The van der Waals surface area contributed by atoms with Crippen molar-refractivity contribution in [3.63, 3.8) is 0 Å². The summed E-state index contributed by atoms with van der Waals surface area (Å²) in [7, 11) is 0. The van der Waals surface area contributed by atoms with Crippen LogP contribution < -0.4 is 0 Å². The fourth-order valence-corrected chi connectivity index (χ4v) is 2.27. The minimum atomic E-state index is -0.286. The number of para-hydroxylation sites is 1. The molecule has 1 aromatic carbocycles. The van der Waals surface area contributed by atoms with Gasteiger partial charge in [0, 0.05) is 22.8 Å². The Bertz CT molecular complexity index is 700. The highest BCUT2D eigenvalue weighted by Crippen LogP contribution is 2.19. The van der Waals surface area contributed by atoms with Gasteiger partial charge in [-0.2, -0.15) is 10.1 Å². The average Bonchev–Trinajstić information content (AvgIpc) is 2.94. The van der Waals surface area contributed by atoms with Crippen LogP contribution in [0.1, 0.15) is 18.9 Å². The van der Waals surface area contributed by atoms with Crippen LogP contribution >= 0.6 is 0 Å². The monoisotopic (exact) mass is 255 g/mol. The molecule has 5 nitrogen and oxygen atoms in total. The third-order valence-electron chi connectivity index (χ3n) is 3.17. The fraction of sp³-hybridized carbons (Fsp3) is 0.214. The Morgan fingerprint density at radius 2 is 2.21 bits per heavy atom. The van der Waals surface area contributed by atoms with Crippen molar-refractivity contribution in [3.05, 3.63) is 36.0 Å².